The molecule has 0 heterocycles. The molecule has 2 aromatic rings. The molecule has 0 amide bonds. The first-order valence-electron chi connectivity index (χ1n) is 5.60. The number of thiocarbonyl (C=S) groups is 1. The first-order valence-corrected chi connectivity index (χ1v) is 7.18. The van der Waals surface area contributed by atoms with Gasteiger partial charge in [-0.1, -0.05) is 29.9 Å². The molecule has 2 nitrogen and oxygen atoms in total. The Morgan fingerprint density at radius 2 is 1.95 bits per heavy atom. The maximum atomic E-state index is 5.93. The van der Waals surface area contributed by atoms with E-state index in [0.29, 0.717) is 10.0 Å². The average Bonchev–Trinajstić information content (AvgIpc) is 2.32. The number of nitrogens with one attached hydrogen (secondary N) is 1. The second-order valence-electron chi connectivity index (χ2n) is 4.16. The van der Waals surface area contributed by atoms with Gasteiger partial charge in [-0.25, -0.2) is 0 Å². The van der Waals surface area contributed by atoms with Gasteiger partial charge in [-0.2, -0.15) is 0 Å². The van der Waals surface area contributed by atoms with E-state index in [9.17, 15) is 0 Å². The van der Waals surface area contributed by atoms with Crippen LogP contribution >= 0.6 is 39.7 Å². The number of rotatable bonds is 3. The van der Waals surface area contributed by atoms with Gasteiger partial charge in [0.2, 0.25) is 0 Å². The highest BCUT2D eigenvalue weighted by molar-refractivity contribution is 9.10. The second kappa shape index (κ2) is 5.90. The first-order chi connectivity index (χ1) is 8.97. The fourth-order valence-electron chi connectivity index (χ4n) is 1.71. The Hall–Kier alpha value is -1.10. The minimum Gasteiger partial charge on any atom is -0.389 e. The van der Waals surface area contributed by atoms with Gasteiger partial charge in [-0.15, -0.1) is 0 Å². The summed E-state index contributed by atoms with van der Waals surface area (Å²) in [5, 5.41) is 3.99. The summed E-state index contributed by atoms with van der Waals surface area (Å²) in [6, 6.07) is 11.5. The Morgan fingerprint density at radius 1 is 1.21 bits per heavy atom. The molecule has 0 aliphatic rings. The van der Waals surface area contributed by atoms with E-state index < -0.39 is 0 Å². The Morgan fingerprint density at radius 3 is 2.58 bits per heavy atom. The molecule has 98 valence electrons. The largest absolute Gasteiger partial charge is 0.389 e. The van der Waals surface area contributed by atoms with Crippen molar-refractivity contribution in [2.75, 3.05) is 5.32 Å². The summed E-state index contributed by atoms with van der Waals surface area (Å²) in [6.45, 7) is 2.02. The van der Waals surface area contributed by atoms with E-state index in [1.165, 1.54) is 0 Å². The number of aryl methyl sites for hydroxylation is 1. The van der Waals surface area contributed by atoms with Crippen molar-refractivity contribution in [1.82, 2.24) is 0 Å². The van der Waals surface area contributed by atoms with E-state index in [1.807, 2.05) is 43.3 Å². The van der Waals surface area contributed by atoms with Crippen molar-refractivity contribution < 1.29 is 0 Å². The third kappa shape index (κ3) is 3.47. The summed E-state index contributed by atoms with van der Waals surface area (Å²) in [5.74, 6) is 0. The molecule has 3 N–H and O–H groups in total. The number of nitrogens with two attached hydrogens (primary N) is 1. The molecule has 0 radical (unpaired) electrons. The number of halogens is 2. The third-order valence-electron chi connectivity index (χ3n) is 2.64. The van der Waals surface area contributed by atoms with Crippen LogP contribution < -0.4 is 11.1 Å². The highest BCUT2D eigenvalue weighted by Crippen LogP contribution is 2.30. The molecule has 2 rings (SSSR count). The summed E-state index contributed by atoms with van der Waals surface area (Å²) in [7, 11) is 0. The van der Waals surface area contributed by atoms with Crippen molar-refractivity contribution in [3.05, 3.63) is 57.0 Å². The molecule has 0 aliphatic heterocycles. The summed E-state index contributed by atoms with van der Waals surface area (Å²) >= 11 is 14.5. The lowest BCUT2D eigenvalue weighted by Crippen LogP contribution is -2.12. The maximum absolute atomic E-state index is 5.93. The van der Waals surface area contributed by atoms with Crippen LogP contribution in [-0.2, 0) is 0 Å². The number of anilines is 2. The molecule has 0 aromatic heterocycles. The minimum atomic E-state index is 0.368. The molecular weight excluding hydrogens is 344 g/mol. The van der Waals surface area contributed by atoms with Gasteiger partial charge in [0.05, 0.1) is 5.69 Å². The second-order valence-corrected chi connectivity index (χ2v) is 5.89. The predicted octanol–water partition coefficient (Wildman–Crippen LogP) is 4.79. The topological polar surface area (TPSA) is 38.0 Å². The van der Waals surface area contributed by atoms with Crippen LogP contribution in [0.2, 0.25) is 5.02 Å². The number of hydrogen-bond donors (Lipinski definition) is 2. The van der Waals surface area contributed by atoms with Crippen LogP contribution in [0.4, 0.5) is 11.4 Å². The van der Waals surface area contributed by atoms with E-state index in [1.54, 1.807) is 0 Å². The van der Waals surface area contributed by atoms with Gasteiger partial charge in [0.25, 0.3) is 0 Å². The van der Waals surface area contributed by atoms with Crippen LogP contribution in [0.5, 0.6) is 0 Å². The van der Waals surface area contributed by atoms with Gasteiger partial charge < -0.3 is 11.1 Å². The summed E-state index contributed by atoms with van der Waals surface area (Å²) in [5.41, 5.74) is 9.49. The van der Waals surface area contributed by atoms with Crippen molar-refractivity contribution in [2.45, 2.75) is 6.92 Å². The number of benzene rings is 2. The molecule has 0 saturated carbocycles. The summed E-state index contributed by atoms with van der Waals surface area (Å²) in [6.07, 6.45) is 0. The fourth-order valence-corrected chi connectivity index (χ4v) is 2.67. The quantitative estimate of drug-likeness (QED) is 0.778. The minimum absolute atomic E-state index is 0.368. The van der Waals surface area contributed by atoms with Crippen LogP contribution in [0, 0.1) is 6.92 Å². The van der Waals surface area contributed by atoms with Gasteiger partial charge in [0, 0.05) is 20.7 Å². The van der Waals surface area contributed by atoms with Crippen LogP contribution in [0.25, 0.3) is 0 Å². The molecule has 2 aromatic carbocycles. The fraction of sp³-hybridized carbons (Fsp3) is 0.0714. The molecule has 0 unspecified atom stereocenters. The lowest BCUT2D eigenvalue weighted by Gasteiger charge is -2.13. The van der Waals surface area contributed by atoms with Gasteiger partial charge in [-0.3, -0.25) is 0 Å². The van der Waals surface area contributed by atoms with Gasteiger partial charge in [0.1, 0.15) is 4.99 Å². The van der Waals surface area contributed by atoms with E-state index >= 15 is 0 Å². The van der Waals surface area contributed by atoms with Gasteiger partial charge in [-0.05, 0) is 58.7 Å². The zero-order valence-electron chi connectivity index (χ0n) is 10.2. The van der Waals surface area contributed by atoms with Crippen molar-refractivity contribution in [3.8, 4) is 0 Å². The van der Waals surface area contributed by atoms with Crippen molar-refractivity contribution in [2.24, 2.45) is 5.73 Å². The average molecular weight is 356 g/mol. The van der Waals surface area contributed by atoms with E-state index in [4.69, 9.17) is 29.6 Å². The van der Waals surface area contributed by atoms with Crippen LogP contribution in [-0.4, -0.2) is 4.99 Å². The Balaban J connectivity index is 2.42. The molecule has 0 bridgehead atoms. The molecule has 0 aliphatic carbocycles. The van der Waals surface area contributed by atoms with Crippen molar-refractivity contribution in [1.29, 1.82) is 0 Å². The molecule has 0 spiro atoms. The Bertz CT molecular complexity index is 643. The van der Waals surface area contributed by atoms with E-state index in [2.05, 4.69) is 21.2 Å². The molecule has 0 atom stereocenters. The monoisotopic (exact) mass is 354 g/mol. The van der Waals surface area contributed by atoms with E-state index in [0.717, 1.165) is 27.0 Å². The smallest absolute Gasteiger partial charge is 0.106 e. The van der Waals surface area contributed by atoms with Gasteiger partial charge >= 0.3 is 0 Å². The zero-order valence-corrected chi connectivity index (χ0v) is 13.4. The predicted molar refractivity (Wildman–Crippen MR) is 89.5 cm³/mol. The highest BCUT2D eigenvalue weighted by atomic mass is 79.9. The van der Waals surface area contributed by atoms with Crippen LogP contribution in [0.1, 0.15) is 11.1 Å². The number of hydrogen-bond acceptors (Lipinski definition) is 2. The Labute approximate surface area is 131 Å². The van der Waals surface area contributed by atoms with Crippen molar-refractivity contribution >= 4 is 56.1 Å². The normalized spacial score (nSPS) is 10.3. The molecule has 0 fully saturated rings. The zero-order chi connectivity index (χ0) is 14.0. The highest BCUT2D eigenvalue weighted by Gasteiger charge is 2.08. The lowest BCUT2D eigenvalue weighted by molar-refractivity contribution is 1.43. The maximum Gasteiger partial charge on any atom is 0.106 e. The standard InChI is InChI=1S/C14H12BrClN2S/c1-8-2-4-10(14(17)19)13(6-8)18-12-5-3-9(16)7-11(12)15/h2-7,18H,1H3,(H2,17,19). The van der Waals surface area contributed by atoms with Crippen LogP contribution in [0.15, 0.2) is 40.9 Å². The summed E-state index contributed by atoms with van der Waals surface area (Å²) < 4.78 is 0.885. The molecule has 0 saturated heterocycles. The Kier molecular flexibility index (Phi) is 4.45. The molecule has 5 heteroatoms. The summed E-state index contributed by atoms with van der Waals surface area (Å²) in [4.78, 5) is 0.368. The third-order valence-corrected chi connectivity index (χ3v) is 3.75. The SMILES string of the molecule is Cc1ccc(C(N)=S)c(Nc2ccc(Cl)cc2Br)c1. The van der Waals surface area contributed by atoms with E-state index in [-0.39, 0.29) is 0 Å². The van der Waals surface area contributed by atoms with Crippen LogP contribution in [0.3, 0.4) is 0 Å². The lowest BCUT2D eigenvalue weighted by atomic mass is 10.1. The molecular formula is C14H12BrClN2S. The molecule has 19 heavy (non-hydrogen) atoms. The first kappa shape index (κ1) is 14.3. The van der Waals surface area contributed by atoms with Crippen molar-refractivity contribution in [3.63, 3.8) is 0 Å². The van der Waals surface area contributed by atoms with Gasteiger partial charge in [0.15, 0.2) is 0 Å².